The highest BCUT2D eigenvalue weighted by Gasteiger charge is 2.40. The van der Waals surface area contributed by atoms with E-state index in [0.717, 1.165) is 11.8 Å². The van der Waals surface area contributed by atoms with E-state index < -0.39 is 0 Å². The Morgan fingerprint density at radius 1 is 1.54 bits per heavy atom. The zero-order valence-electron chi connectivity index (χ0n) is 7.01. The van der Waals surface area contributed by atoms with Gasteiger partial charge in [-0.1, -0.05) is 10.2 Å². The van der Waals surface area contributed by atoms with Gasteiger partial charge in [0.15, 0.2) is 0 Å². The summed E-state index contributed by atoms with van der Waals surface area (Å²) >= 11 is 2.03. The lowest BCUT2D eigenvalue weighted by Crippen LogP contribution is -2.34. The normalized spacial score (nSPS) is 31.5. The van der Waals surface area contributed by atoms with Crippen molar-refractivity contribution in [1.29, 1.82) is 0 Å². The molecule has 0 radical (unpaired) electrons. The van der Waals surface area contributed by atoms with Gasteiger partial charge in [-0.3, -0.25) is 0 Å². The second kappa shape index (κ2) is 2.54. The van der Waals surface area contributed by atoms with Gasteiger partial charge in [0.25, 0.3) is 0 Å². The topological polar surface area (TPSA) is 68.2 Å². The van der Waals surface area contributed by atoms with E-state index in [0.29, 0.717) is 12.1 Å². The average Bonchev–Trinajstić information content (AvgIpc) is 2.77. The van der Waals surface area contributed by atoms with Crippen LogP contribution < -0.4 is 10.6 Å². The predicted octanol–water partition coefficient (Wildman–Crippen LogP) is 0.346. The lowest BCUT2D eigenvalue weighted by molar-refractivity contribution is 0.544. The summed E-state index contributed by atoms with van der Waals surface area (Å²) in [4.78, 5) is 2.17. The van der Waals surface area contributed by atoms with E-state index in [4.69, 9.17) is 10.2 Å². The Balaban J connectivity index is 1.87. The van der Waals surface area contributed by atoms with E-state index in [1.54, 1.807) is 0 Å². The maximum atomic E-state index is 5.37. The number of fused-ring (bicyclic) bond motifs is 2. The first-order valence-electron chi connectivity index (χ1n) is 4.30. The summed E-state index contributed by atoms with van der Waals surface area (Å²) in [6.45, 7) is 1.02. The molecule has 3 rings (SSSR count). The molecule has 2 saturated heterocycles. The molecular formula is C7H10N4OS. The van der Waals surface area contributed by atoms with Crippen LogP contribution in [0, 0.1) is 0 Å². The van der Waals surface area contributed by atoms with Crippen LogP contribution in [0.3, 0.4) is 0 Å². The van der Waals surface area contributed by atoms with Gasteiger partial charge in [0.1, 0.15) is 0 Å². The number of nitrogens with zero attached hydrogens (tertiary/aromatic N) is 3. The van der Waals surface area contributed by atoms with Crippen molar-refractivity contribution >= 4 is 23.8 Å². The third-order valence-electron chi connectivity index (χ3n) is 2.58. The molecular weight excluding hydrogens is 188 g/mol. The smallest absolute Gasteiger partial charge is 0.319 e. The van der Waals surface area contributed by atoms with E-state index in [1.165, 1.54) is 12.2 Å². The molecule has 2 bridgehead atoms. The Morgan fingerprint density at radius 3 is 3.00 bits per heavy atom. The zero-order valence-corrected chi connectivity index (χ0v) is 7.83. The van der Waals surface area contributed by atoms with Crippen LogP contribution in [0.4, 0.5) is 12.0 Å². The minimum absolute atomic E-state index is 0.158. The highest BCUT2D eigenvalue weighted by atomic mass is 32.2. The highest BCUT2D eigenvalue weighted by molar-refractivity contribution is 8.00. The third-order valence-corrected chi connectivity index (χ3v) is 3.97. The molecule has 3 heterocycles. The van der Waals surface area contributed by atoms with Crippen LogP contribution in [0.25, 0.3) is 0 Å². The van der Waals surface area contributed by atoms with Gasteiger partial charge in [0.05, 0.1) is 0 Å². The molecule has 13 heavy (non-hydrogen) atoms. The Morgan fingerprint density at radius 2 is 2.46 bits per heavy atom. The number of nitrogen functional groups attached to an aromatic ring is 1. The highest BCUT2D eigenvalue weighted by Crippen LogP contribution is 2.39. The second-order valence-corrected chi connectivity index (χ2v) is 4.75. The zero-order chi connectivity index (χ0) is 8.84. The number of hydrogen-bond acceptors (Lipinski definition) is 6. The SMILES string of the molecule is Nc1nnc(N2CC3CC2CS3)o1. The number of thioether (sulfide) groups is 1. The first kappa shape index (κ1) is 7.49. The van der Waals surface area contributed by atoms with Gasteiger partial charge in [-0.15, -0.1) is 0 Å². The molecule has 2 fully saturated rings. The van der Waals surface area contributed by atoms with Crippen LogP contribution in [-0.2, 0) is 0 Å². The molecule has 2 atom stereocenters. The quantitative estimate of drug-likeness (QED) is 0.702. The van der Waals surface area contributed by atoms with Crippen molar-refractivity contribution in [3.63, 3.8) is 0 Å². The van der Waals surface area contributed by atoms with E-state index in [1.807, 2.05) is 11.8 Å². The van der Waals surface area contributed by atoms with Gasteiger partial charge in [-0.25, -0.2) is 0 Å². The predicted molar refractivity (Wildman–Crippen MR) is 50.7 cm³/mol. The summed E-state index contributed by atoms with van der Waals surface area (Å²) < 4.78 is 5.19. The first-order valence-corrected chi connectivity index (χ1v) is 5.35. The maximum absolute atomic E-state index is 5.37. The maximum Gasteiger partial charge on any atom is 0.319 e. The first-order chi connectivity index (χ1) is 6.33. The van der Waals surface area contributed by atoms with Crippen molar-refractivity contribution in [3.05, 3.63) is 0 Å². The van der Waals surface area contributed by atoms with Crippen LogP contribution in [0.15, 0.2) is 4.42 Å². The summed E-state index contributed by atoms with van der Waals surface area (Å²) in [5.41, 5.74) is 5.37. The molecule has 2 N–H and O–H groups in total. The Hall–Kier alpha value is -0.910. The van der Waals surface area contributed by atoms with Crippen LogP contribution in [0.1, 0.15) is 6.42 Å². The number of rotatable bonds is 1. The van der Waals surface area contributed by atoms with Crippen molar-refractivity contribution in [1.82, 2.24) is 10.2 Å². The van der Waals surface area contributed by atoms with Crippen molar-refractivity contribution < 1.29 is 4.42 Å². The molecule has 0 aliphatic carbocycles. The fourth-order valence-corrected chi connectivity index (χ4v) is 3.41. The monoisotopic (exact) mass is 198 g/mol. The fourth-order valence-electron chi connectivity index (χ4n) is 1.98. The number of aromatic nitrogens is 2. The van der Waals surface area contributed by atoms with Crippen LogP contribution in [0.5, 0.6) is 0 Å². The standard InChI is InChI=1S/C7H10N4OS/c8-6-9-10-7(12-6)11-2-5-1-4(11)3-13-5/h4-5H,1-3H2,(H2,8,9). The second-order valence-electron chi connectivity index (χ2n) is 3.42. The summed E-state index contributed by atoms with van der Waals surface area (Å²) in [5.74, 6) is 1.17. The molecule has 0 spiro atoms. The minimum Gasteiger partial charge on any atom is -0.390 e. The Kier molecular flexibility index (Phi) is 1.46. The fraction of sp³-hybridized carbons (Fsp3) is 0.714. The van der Waals surface area contributed by atoms with E-state index in [-0.39, 0.29) is 6.01 Å². The van der Waals surface area contributed by atoms with E-state index in [2.05, 4.69) is 15.1 Å². The lowest BCUT2D eigenvalue weighted by Gasteiger charge is -2.23. The van der Waals surface area contributed by atoms with Gasteiger partial charge in [0, 0.05) is 23.6 Å². The molecule has 2 aliphatic heterocycles. The van der Waals surface area contributed by atoms with Gasteiger partial charge < -0.3 is 15.1 Å². The van der Waals surface area contributed by atoms with Gasteiger partial charge in [0.2, 0.25) is 0 Å². The number of anilines is 2. The molecule has 70 valence electrons. The average molecular weight is 198 g/mol. The molecule has 6 heteroatoms. The number of nitrogens with two attached hydrogens (primary N) is 1. The van der Waals surface area contributed by atoms with Crippen molar-refractivity contribution in [2.45, 2.75) is 17.7 Å². The van der Waals surface area contributed by atoms with Gasteiger partial charge in [-0.2, -0.15) is 11.8 Å². The Labute approximate surface area is 79.7 Å². The number of hydrogen-bond donors (Lipinski definition) is 1. The summed E-state index contributed by atoms with van der Waals surface area (Å²) in [6, 6.07) is 1.32. The molecule has 1 aromatic rings. The summed E-state index contributed by atoms with van der Waals surface area (Å²) in [7, 11) is 0. The van der Waals surface area contributed by atoms with Crippen molar-refractivity contribution in [3.8, 4) is 0 Å². The van der Waals surface area contributed by atoms with Crippen LogP contribution in [-0.4, -0.2) is 33.8 Å². The largest absolute Gasteiger partial charge is 0.390 e. The molecule has 0 aromatic carbocycles. The van der Waals surface area contributed by atoms with Crippen molar-refractivity contribution in [2.75, 3.05) is 22.9 Å². The van der Waals surface area contributed by atoms with Crippen molar-refractivity contribution in [2.24, 2.45) is 0 Å². The summed E-state index contributed by atoms with van der Waals surface area (Å²) in [5, 5.41) is 8.30. The molecule has 5 nitrogen and oxygen atoms in total. The summed E-state index contributed by atoms with van der Waals surface area (Å²) in [6.07, 6.45) is 1.24. The third kappa shape index (κ3) is 1.08. The van der Waals surface area contributed by atoms with Crippen LogP contribution in [0.2, 0.25) is 0 Å². The van der Waals surface area contributed by atoms with E-state index >= 15 is 0 Å². The van der Waals surface area contributed by atoms with Crippen LogP contribution >= 0.6 is 11.8 Å². The molecule has 0 amide bonds. The Bertz CT molecular complexity index is 328. The van der Waals surface area contributed by atoms with Gasteiger partial charge in [-0.05, 0) is 6.42 Å². The molecule has 2 aliphatic rings. The minimum atomic E-state index is 0.158. The lowest BCUT2D eigenvalue weighted by atomic mass is 10.2. The molecule has 0 saturated carbocycles. The van der Waals surface area contributed by atoms with E-state index in [9.17, 15) is 0 Å². The molecule has 1 aromatic heterocycles. The molecule has 2 unspecified atom stereocenters. The van der Waals surface area contributed by atoms with Gasteiger partial charge >= 0.3 is 12.0 Å².